The van der Waals surface area contributed by atoms with Gasteiger partial charge in [-0.05, 0) is 75.1 Å². The highest BCUT2D eigenvalue weighted by molar-refractivity contribution is 5.75. The van der Waals surface area contributed by atoms with E-state index in [1.165, 1.54) is 46.3 Å². The Balaban J connectivity index is -0.0000000484. The van der Waals surface area contributed by atoms with Gasteiger partial charge in [0.2, 0.25) is 11.8 Å². The number of ketones is 1. The number of ether oxygens (including phenoxy) is 3. The van der Waals surface area contributed by atoms with Crippen molar-refractivity contribution in [2.24, 2.45) is 5.73 Å². The summed E-state index contributed by atoms with van der Waals surface area (Å²) in [6, 6.07) is 0. The van der Waals surface area contributed by atoms with Crippen LogP contribution in [0.4, 0.5) is 0 Å². The Morgan fingerprint density at radius 1 is 0.696 bits per heavy atom. The lowest BCUT2D eigenvalue weighted by Crippen LogP contribution is -2.21. The van der Waals surface area contributed by atoms with Gasteiger partial charge in [-0.25, -0.2) is 0 Å². The summed E-state index contributed by atoms with van der Waals surface area (Å²) < 4.78 is 13.7. The second kappa shape index (κ2) is 69.5. The molecule has 0 heterocycles. The third-order valence-corrected chi connectivity index (χ3v) is 3.73. The molecule has 0 aliphatic rings. The third-order valence-electron chi connectivity index (χ3n) is 3.73. The Bertz CT molecular complexity index is 518. The lowest BCUT2D eigenvalue weighted by atomic mass is 10.4. The maximum Gasteiger partial charge on any atom is 0.303 e. The Hall–Kier alpha value is -2.16. The predicted octanol–water partition coefficient (Wildman–Crippen LogP) is 4.47. The number of carbonyl (C=O) groups is 4. The molecule has 286 valence electrons. The second-order valence-electron chi connectivity index (χ2n) is 9.62. The molecule has 0 bridgehead atoms. The van der Waals surface area contributed by atoms with Gasteiger partial charge in [0.25, 0.3) is 0 Å². The van der Waals surface area contributed by atoms with E-state index < -0.39 is 5.97 Å². The highest BCUT2D eigenvalue weighted by atomic mass is 16.6. The molecular weight excluding hydrogens is 594 g/mol. The number of aliphatic carboxylic acids is 1. The molecule has 46 heavy (non-hydrogen) atoms. The number of amides is 2. The molecule has 0 aromatic heterocycles. The number of methoxy groups -OCH3 is 3. The van der Waals surface area contributed by atoms with Crippen molar-refractivity contribution in [1.82, 2.24) is 20.0 Å². The van der Waals surface area contributed by atoms with Gasteiger partial charge in [0.15, 0.2) is 0 Å². The van der Waals surface area contributed by atoms with Gasteiger partial charge in [0, 0.05) is 61.3 Å². The van der Waals surface area contributed by atoms with Crippen molar-refractivity contribution >= 4 is 23.6 Å². The monoisotopic (exact) mass is 676 g/mol. The van der Waals surface area contributed by atoms with Crippen LogP contribution in [0, 0.1) is 0 Å². The standard InChI is InChI=1S/C6H15N.C5H11NO.C5H12O.C3H7NO.C3H9N.C3H8O2.C3H6O2.C3H6O.C2H7N/c1-4-7(5-2)6-3;1-4-5(7)6(2)3;1-3-4-5-6-2;1-2-3(4)5;1-4(2)3;1-4-3-5-2;1-2-3(4)5;1-3(2)4;1-3-2/h4-6H2,1-3H3;4H2,1-3H3;3-5H2,1-2H3;2H2,1H3,(H2,4,5);1-3H3;3H2,1-2H3;2H2,1H3,(H,4,5);1-2H3;3H,1-2H3. The molecule has 0 saturated heterocycles. The highest BCUT2D eigenvalue weighted by Gasteiger charge is 1.95. The largest absolute Gasteiger partial charge is 0.481 e. The summed E-state index contributed by atoms with van der Waals surface area (Å²) in [5.74, 6) is -0.644. The maximum atomic E-state index is 10.4. The zero-order valence-electron chi connectivity index (χ0n) is 33.8. The summed E-state index contributed by atoms with van der Waals surface area (Å²) in [6.07, 6.45) is 3.69. The Kier molecular flexibility index (Phi) is 100. The molecule has 2 amide bonds. The van der Waals surface area contributed by atoms with E-state index >= 15 is 0 Å². The average molecular weight is 676 g/mol. The minimum atomic E-state index is -0.745. The molecular formula is C33H81N5O8. The van der Waals surface area contributed by atoms with Gasteiger partial charge in [0.05, 0.1) is 0 Å². The van der Waals surface area contributed by atoms with Gasteiger partial charge in [-0.2, -0.15) is 0 Å². The van der Waals surface area contributed by atoms with E-state index in [2.05, 4.69) is 53.1 Å². The van der Waals surface area contributed by atoms with E-state index in [9.17, 15) is 19.2 Å². The lowest BCUT2D eigenvalue weighted by Gasteiger charge is -2.13. The molecule has 0 rings (SSSR count). The number of nitrogens with zero attached hydrogens (tertiary/aromatic N) is 3. The molecule has 0 aromatic carbocycles. The summed E-state index contributed by atoms with van der Waals surface area (Å²) in [7, 11) is 18.2. The van der Waals surface area contributed by atoms with E-state index in [4.69, 9.17) is 9.84 Å². The summed E-state index contributed by atoms with van der Waals surface area (Å²) in [6.45, 7) is 21.8. The first-order chi connectivity index (χ1) is 21.3. The maximum absolute atomic E-state index is 10.4. The molecule has 0 saturated carbocycles. The van der Waals surface area contributed by atoms with E-state index in [1.807, 2.05) is 47.1 Å². The number of rotatable bonds is 11. The van der Waals surface area contributed by atoms with Crippen molar-refractivity contribution in [1.29, 1.82) is 0 Å². The van der Waals surface area contributed by atoms with Gasteiger partial charge in [-0.1, -0.05) is 54.9 Å². The van der Waals surface area contributed by atoms with Gasteiger partial charge in [-0.15, -0.1) is 0 Å². The normalized spacial score (nSPS) is 8.28. The van der Waals surface area contributed by atoms with Crippen LogP contribution in [0.25, 0.3) is 0 Å². The van der Waals surface area contributed by atoms with E-state index in [-0.39, 0.29) is 24.0 Å². The number of hydrogen-bond donors (Lipinski definition) is 3. The fourth-order valence-corrected chi connectivity index (χ4v) is 1.39. The lowest BCUT2D eigenvalue weighted by molar-refractivity contribution is -0.136. The molecule has 0 unspecified atom stereocenters. The first-order valence-electron chi connectivity index (χ1n) is 15.8. The number of carboxylic acids is 1. The van der Waals surface area contributed by atoms with E-state index in [0.29, 0.717) is 19.6 Å². The summed E-state index contributed by atoms with van der Waals surface area (Å²) >= 11 is 0. The van der Waals surface area contributed by atoms with Gasteiger partial charge < -0.3 is 49.9 Å². The van der Waals surface area contributed by atoms with Crippen molar-refractivity contribution < 1.29 is 38.5 Å². The number of carbonyl (C=O) groups excluding carboxylic acids is 3. The van der Waals surface area contributed by atoms with Crippen molar-refractivity contribution in [2.45, 2.75) is 94.4 Å². The Labute approximate surface area is 285 Å². The summed E-state index contributed by atoms with van der Waals surface area (Å²) in [5, 5.41) is 10.5. The van der Waals surface area contributed by atoms with Crippen molar-refractivity contribution in [2.75, 3.05) is 104 Å². The number of carboxylic acid groups (broad SMARTS) is 1. The first kappa shape index (κ1) is 66.3. The highest BCUT2D eigenvalue weighted by Crippen LogP contribution is 1.83. The van der Waals surface area contributed by atoms with E-state index in [1.54, 1.807) is 54.2 Å². The Morgan fingerprint density at radius 3 is 1.00 bits per heavy atom. The topological polar surface area (TPSA) is 164 Å². The predicted molar refractivity (Wildman–Crippen MR) is 196 cm³/mol. The van der Waals surface area contributed by atoms with Gasteiger partial charge >= 0.3 is 5.97 Å². The fraction of sp³-hybridized carbons (Fsp3) is 0.879. The first-order valence-corrected chi connectivity index (χ1v) is 15.8. The molecule has 0 aliphatic heterocycles. The van der Waals surface area contributed by atoms with Crippen LogP contribution in [0.2, 0.25) is 0 Å². The molecule has 0 fully saturated rings. The molecule has 0 atom stereocenters. The molecule has 0 radical (unpaired) electrons. The molecule has 13 heteroatoms. The SMILES string of the molecule is CC(C)=O.CCC(=O)N(C)C.CCC(=O)O.CCC(N)=O.CCCCOC.CCN(CC)CC.CN(C)C.CNC.COCOC. The molecule has 0 spiro atoms. The van der Waals surface area contributed by atoms with E-state index in [0.717, 1.165) is 6.61 Å². The number of unbranched alkanes of at least 4 members (excludes halogenated alkanes) is 1. The van der Waals surface area contributed by atoms with Crippen molar-refractivity contribution in [3.8, 4) is 0 Å². The minimum absolute atomic E-state index is 0.167. The zero-order valence-corrected chi connectivity index (χ0v) is 33.8. The van der Waals surface area contributed by atoms with Crippen LogP contribution in [0.1, 0.15) is 94.4 Å². The van der Waals surface area contributed by atoms with Crippen molar-refractivity contribution in [3.63, 3.8) is 0 Å². The molecule has 0 aromatic rings. The third kappa shape index (κ3) is 197. The van der Waals surface area contributed by atoms with Gasteiger partial charge in [-0.3, -0.25) is 14.4 Å². The van der Waals surface area contributed by atoms with Crippen LogP contribution in [-0.4, -0.2) is 147 Å². The van der Waals surface area contributed by atoms with Crippen molar-refractivity contribution in [3.05, 3.63) is 0 Å². The fourth-order valence-electron chi connectivity index (χ4n) is 1.39. The van der Waals surface area contributed by atoms with Crippen LogP contribution in [0.5, 0.6) is 0 Å². The quantitative estimate of drug-likeness (QED) is 0.209. The number of Topliss-reactive ketones (excluding diaryl/α,β-unsaturated/α-hetero) is 1. The number of primary amides is 1. The van der Waals surface area contributed by atoms with Crippen LogP contribution < -0.4 is 11.1 Å². The summed E-state index contributed by atoms with van der Waals surface area (Å²) in [4.78, 5) is 44.8. The Morgan fingerprint density at radius 2 is 0.978 bits per heavy atom. The van der Waals surface area contributed by atoms with Crippen LogP contribution in [0.3, 0.4) is 0 Å². The van der Waals surface area contributed by atoms with Gasteiger partial charge in [0.1, 0.15) is 12.6 Å². The number of hydrogen-bond acceptors (Lipinski definition) is 10. The number of nitrogens with two attached hydrogens (primary N) is 1. The second-order valence-corrected chi connectivity index (χ2v) is 9.62. The molecule has 4 N–H and O–H groups in total. The minimum Gasteiger partial charge on any atom is -0.481 e. The average Bonchev–Trinajstić information content (AvgIpc) is 2.98. The summed E-state index contributed by atoms with van der Waals surface area (Å²) in [5.41, 5.74) is 4.65. The van der Waals surface area contributed by atoms with Crippen LogP contribution >= 0.6 is 0 Å². The molecule has 0 aliphatic carbocycles. The number of nitrogens with one attached hydrogen (secondary N) is 1. The zero-order chi connectivity index (χ0) is 38.9. The smallest absolute Gasteiger partial charge is 0.303 e. The molecule has 13 nitrogen and oxygen atoms in total. The van der Waals surface area contributed by atoms with Crippen LogP contribution in [-0.2, 0) is 33.4 Å². The van der Waals surface area contributed by atoms with Crippen LogP contribution in [0.15, 0.2) is 0 Å².